The number of carbonyl (C=O) groups excluding carboxylic acids is 2. The Kier molecular flexibility index (Phi) is 9.13. The van der Waals surface area contributed by atoms with Gasteiger partial charge in [0.25, 0.3) is 5.91 Å². The van der Waals surface area contributed by atoms with Crippen molar-refractivity contribution in [3.05, 3.63) is 70.3 Å². The molecule has 0 unspecified atom stereocenters. The number of alkyl halides is 3. The van der Waals surface area contributed by atoms with Gasteiger partial charge in [-0.3, -0.25) is 9.59 Å². The summed E-state index contributed by atoms with van der Waals surface area (Å²) in [6, 6.07) is 8.96. The van der Waals surface area contributed by atoms with E-state index in [1.54, 1.807) is 4.90 Å². The summed E-state index contributed by atoms with van der Waals surface area (Å²) < 4.78 is 39.0. The van der Waals surface area contributed by atoms with Gasteiger partial charge in [0.2, 0.25) is 5.91 Å². The SMILES string of the molecule is CCC[C@H](O)[C@H](CNCc1ccc(C)cc1C)N1CC[C@H](NC(=O)c2cccc(C(F)(F)F)c2)C1=O. The normalized spacial score (nSPS) is 17.8. The Labute approximate surface area is 209 Å². The summed E-state index contributed by atoms with van der Waals surface area (Å²) in [6.45, 7) is 7.31. The van der Waals surface area contributed by atoms with Crippen LogP contribution in [0, 0.1) is 13.8 Å². The zero-order chi connectivity index (χ0) is 26.5. The summed E-state index contributed by atoms with van der Waals surface area (Å²) in [5, 5.41) is 16.7. The highest BCUT2D eigenvalue weighted by molar-refractivity contribution is 5.98. The number of aliphatic hydroxyl groups excluding tert-OH is 1. The molecule has 0 saturated carbocycles. The number of aryl methyl sites for hydroxylation is 2. The highest BCUT2D eigenvalue weighted by Crippen LogP contribution is 2.29. The van der Waals surface area contributed by atoms with Gasteiger partial charge < -0.3 is 20.6 Å². The minimum Gasteiger partial charge on any atom is -0.391 e. The molecule has 9 heteroatoms. The number of hydrogen-bond acceptors (Lipinski definition) is 4. The lowest BCUT2D eigenvalue weighted by Crippen LogP contribution is -2.52. The Morgan fingerprint density at radius 3 is 2.61 bits per heavy atom. The molecule has 6 nitrogen and oxygen atoms in total. The molecule has 0 bridgehead atoms. The first-order valence-corrected chi connectivity index (χ1v) is 12.2. The van der Waals surface area contributed by atoms with Crippen molar-refractivity contribution in [1.82, 2.24) is 15.5 Å². The predicted molar refractivity (Wildman–Crippen MR) is 131 cm³/mol. The van der Waals surface area contributed by atoms with Crippen molar-refractivity contribution in [1.29, 1.82) is 0 Å². The number of aliphatic hydroxyl groups is 1. The Balaban J connectivity index is 1.66. The molecule has 1 fully saturated rings. The van der Waals surface area contributed by atoms with Crippen molar-refractivity contribution in [2.45, 2.75) is 70.9 Å². The monoisotopic (exact) mass is 505 g/mol. The van der Waals surface area contributed by atoms with Crippen LogP contribution in [0.5, 0.6) is 0 Å². The molecular formula is C27H34F3N3O3. The van der Waals surface area contributed by atoms with E-state index in [1.807, 2.05) is 26.8 Å². The smallest absolute Gasteiger partial charge is 0.391 e. The quantitative estimate of drug-likeness (QED) is 0.457. The average Bonchev–Trinajstić information content (AvgIpc) is 3.17. The molecule has 2 aromatic carbocycles. The molecule has 3 N–H and O–H groups in total. The highest BCUT2D eigenvalue weighted by Gasteiger charge is 2.39. The maximum absolute atomic E-state index is 13.2. The average molecular weight is 506 g/mol. The molecule has 1 aliphatic rings. The van der Waals surface area contributed by atoms with Crippen molar-refractivity contribution in [3.8, 4) is 0 Å². The van der Waals surface area contributed by atoms with E-state index in [9.17, 15) is 27.9 Å². The van der Waals surface area contributed by atoms with Gasteiger partial charge in [-0.2, -0.15) is 13.2 Å². The first kappa shape index (κ1) is 27.7. The van der Waals surface area contributed by atoms with Gasteiger partial charge >= 0.3 is 6.18 Å². The first-order chi connectivity index (χ1) is 17.0. The lowest BCUT2D eigenvalue weighted by molar-refractivity contribution is -0.137. The van der Waals surface area contributed by atoms with Crippen LogP contribution in [0.4, 0.5) is 13.2 Å². The van der Waals surface area contributed by atoms with Crippen molar-refractivity contribution in [2.75, 3.05) is 13.1 Å². The van der Waals surface area contributed by atoms with Crippen LogP contribution in [-0.2, 0) is 17.5 Å². The Morgan fingerprint density at radius 1 is 1.19 bits per heavy atom. The summed E-state index contributed by atoms with van der Waals surface area (Å²) in [7, 11) is 0. The number of carbonyl (C=O) groups is 2. The first-order valence-electron chi connectivity index (χ1n) is 12.2. The molecule has 1 saturated heterocycles. The standard InChI is InChI=1S/C27H34F3N3O3/c1-4-6-24(34)23(16-31-15-20-10-9-17(2)13-18(20)3)33-12-11-22(26(33)36)32-25(35)19-7-5-8-21(14-19)27(28,29)30/h5,7-10,13-14,22-24,31,34H,4,6,11-12,15-16H2,1-3H3,(H,32,35)/t22-,23-,24-/m0/s1. The Morgan fingerprint density at radius 2 is 1.94 bits per heavy atom. The van der Waals surface area contributed by atoms with Crippen molar-refractivity contribution >= 4 is 11.8 Å². The number of rotatable bonds is 10. The van der Waals surface area contributed by atoms with Crippen LogP contribution in [0.25, 0.3) is 0 Å². The Bertz CT molecular complexity index is 1070. The van der Waals surface area contributed by atoms with Gasteiger partial charge in [0.1, 0.15) is 6.04 Å². The van der Waals surface area contributed by atoms with Crippen LogP contribution in [-0.4, -0.2) is 53.1 Å². The number of nitrogens with zero attached hydrogens (tertiary/aromatic N) is 1. The molecule has 0 radical (unpaired) electrons. The van der Waals surface area contributed by atoms with Crippen LogP contribution < -0.4 is 10.6 Å². The highest BCUT2D eigenvalue weighted by atomic mass is 19.4. The minimum atomic E-state index is -4.57. The number of nitrogens with one attached hydrogen (secondary N) is 2. The van der Waals surface area contributed by atoms with Gasteiger partial charge in [-0.1, -0.05) is 43.2 Å². The number of amides is 2. The summed E-state index contributed by atoms with van der Waals surface area (Å²) in [6.07, 6.45) is -3.74. The fourth-order valence-corrected chi connectivity index (χ4v) is 4.58. The largest absolute Gasteiger partial charge is 0.416 e. The molecule has 1 aliphatic heterocycles. The van der Waals surface area contributed by atoms with E-state index >= 15 is 0 Å². The number of hydrogen-bond donors (Lipinski definition) is 3. The van der Waals surface area contributed by atoms with E-state index in [1.165, 1.54) is 17.7 Å². The second-order valence-electron chi connectivity index (χ2n) is 9.41. The van der Waals surface area contributed by atoms with E-state index in [0.29, 0.717) is 32.5 Å². The van der Waals surface area contributed by atoms with Crippen molar-refractivity contribution in [3.63, 3.8) is 0 Å². The van der Waals surface area contributed by atoms with Gasteiger partial charge in [0.15, 0.2) is 0 Å². The topological polar surface area (TPSA) is 81.7 Å². The van der Waals surface area contributed by atoms with E-state index in [4.69, 9.17) is 0 Å². The molecule has 2 amide bonds. The molecule has 36 heavy (non-hydrogen) atoms. The predicted octanol–water partition coefficient (Wildman–Crippen LogP) is 3.97. The lowest BCUT2D eigenvalue weighted by Gasteiger charge is -2.32. The van der Waals surface area contributed by atoms with E-state index in [0.717, 1.165) is 29.7 Å². The van der Waals surface area contributed by atoms with Gasteiger partial charge in [-0.05, 0) is 56.0 Å². The van der Waals surface area contributed by atoms with Gasteiger partial charge in [-0.15, -0.1) is 0 Å². The molecule has 2 aromatic rings. The zero-order valence-corrected chi connectivity index (χ0v) is 20.9. The third-order valence-corrected chi connectivity index (χ3v) is 6.59. The number of likely N-dealkylation sites (tertiary alicyclic amines) is 1. The molecular weight excluding hydrogens is 471 g/mol. The van der Waals surface area contributed by atoms with Crippen molar-refractivity contribution in [2.24, 2.45) is 0 Å². The summed E-state index contributed by atoms with van der Waals surface area (Å²) in [5.41, 5.74) is 2.38. The van der Waals surface area contributed by atoms with Crippen LogP contribution >= 0.6 is 0 Å². The molecule has 1 heterocycles. The van der Waals surface area contributed by atoms with Crippen molar-refractivity contribution < 1.29 is 27.9 Å². The molecule has 0 spiro atoms. The third-order valence-electron chi connectivity index (χ3n) is 6.59. The molecule has 3 atom stereocenters. The van der Waals surface area contributed by atoms with E-state index < -0.39 is 35.8 Å². The van der Waals surface area contributed by atoms with Gasteiger partial charge in [0.05, 0.1) is 17.7 Å². The van der Waals surface area contributed by atoms with Crippen LogP contribution in [0.3, 0.4) is 0 Å². The summed E-state index contributed by atoms with van der Waals surface area (Å²) >= 11 is 0. The van der Waals surface area contributed by atoms with Crippen LogP contribution in [0.1, 0.15) is 58.8 Å². The second-order valence-corrected chi connectivity index (χ2v) is 9.41. The minimum absolute atomic E-state index is 0.159. The molecule has 3 rings (SSSR count). The summed E-state index contributed by atoms with van der Waals surface area (Å²) in [5.74, 6) is -1.08. The number of halogens is 3. The Hall–Kier alpha value is -2.91. The fourth-order valence-electron chi connectivity index (χ4n) is 4.58. The van der Waals surface area contributed by atoms with Crippen LogP contribution in [0.15, 0.2) is 42.5 Å². The molecule has 196 valence electrons. The third kappa shape index (κ3) is 6.85. The molecule has 0 aliphatic carbocycles. The maximum atomic E-state index is 13.2. The van der Waals surface area contributed by atoms with Crippen LogP contribution in [0.2, 0.25) is 0 Å². The van der Waals surface area contributed by atoms with Gasteiger partial charge in [-0.25, -0.2) is 0 Å². The maximum Gasteiger partial charge on any atom is 0.416 e. The zero-order valence-electron chi connectivity index (χ0n) is 20.9. The number of benzene rings is 2. The van der Waals surface area contributed by atoms with E-state index in [-0.39, 0.29) is 11.5 Å². The van der Waals surface area contributed by atoms with E-state index in [2.05, 4.69) is 22.8 Å². The summed E-state index contributed by atoms with van der Waals surface area (Å²) in [4.78, 5) is 27.4. The molecule has 0 aromatic heterocycles. The van der Waals surface area contributed by atoms with Gasteiger partial charge in [0, 0.05) is 25.2 Å². The lowest BCUT2D eigenvalue weighted by atomic mass is 10.0. The fraction of sp³-hybridized carbons (Fsp3) is 0.481. The second kappa shape index (κ2) is 11.9.